The van der Waals surface area contributed by atoms with Gasteiger partial charge < -0.3 is 29.7 Å². The smallest absolute Gasteiger partial charge is 0.234 e. The number of imide groups is 1. The molecule has 4 aromatic rings. The fourth-order valence-corrected chi connectivity index (χ4v) is 11.1. The summed E-state index contributed by atoms with van der Waals surface area (Å²) in [6.07, 6.45) is 11.2. The van der Waals surface area contributed by atoms with E-state index in [1.165, 1.54) is 44.2 Å². The lowest BCUT2D eigenvalue weighted by Crippen LogP contribution is -2.53. The molecule has 1 saturated carbocycles. The predicted octanol–water partition coefficient (Wildman–Crippen LogP) is 8.34. The molecule has 4 aliphatic rings. The van der Waals surface area contributed by atoms with Gasteiger partial charge in [-0.15, -0.1) is 0 Å². The maximum absolute atomic E-state index is 12.9. The molecule has 0 bridgehead atoms. The van der Waals surface area contributed by atoms with Gasteiger partial charge in [0.15, 0.2) is 5.82 Å². The van der Waals surface area contributed by atoms with Crippen LogP contribution in [0.2, 0.25) is 5.02 Å². The van der Waals surface area contributed by atoms with Crippen molar-refractivity contribution in [3.8, 4) is 5.75 Å². The highest BCUT2D eigenvalue weighted by Crippen LogP contribution is 2.40. The van der Waals surface area contributed by atoms with Crippen molar-refractivity contribution < 1.29 is 18.9 Å². The quantitative estimate of drug-likeness (QED) is 0.0886. The summed E-state index contributed by atoms with van der Waals surface area (Å²) in [7, 11) is -0.857. The van der Waals surface area contributed by atoms with Crippen molar-refractivity contribution in [2.45, 2.75) is 75.7 Å². The first kappa shape index (κ1) is 43.2. The van der Waals surface area contributed by atoms with E-state index in [1.54, 1.807) is 26.6 Å². The number of halogens is 1. The van der Waals surface area contributed by atoms with Crippen LogP contribution in [0.25, 0.3) is 0 Å². The largest absolute Gasteiger partial charge is 0.494 e. The summed E-state index contributed by atoms with van der Waals surface area (Å²) in [5.74, 6) is 2.36. The van der Waals surface area contributed by atoms with Crippen LogP contribution >= 0.6 is 18.7 Å². The van der Waals surface area contributed by atoms with Gasteiger partial charge in [-0.3, -0.25) is 19.8 Å². The second-order valence-corrected chi connectivity index (χ2v) is 21.3. The molecule has 1 atom stereocenters. The number of ether oxygens (including phenoxy) is 1. The second-order valence-electron chi connectivity index (χ2n) is 17.7. The Bertz CT molecular complexity index is 2210. The van der Waals surface area contributed by atoms with Crippen LogP contribution in [0.15, 0.2) is 72.9 Å². The van der Waals surface area contributed by atoms with Crippen molar-refractivity contribution in [1.29, 1.82) is 0 Å². The molecular weight excluding hydrogens is 807 g/mol. The first-order valence-electron chi connectivity index (χ1n) is 22.0. The lowest BCUT2D eigenvalue weighted by Gasteiger charge is -2.43. The molecular formula is C47H60ClN8O4P. The lowest BCUT2D eigenvalue weighted by atomic mass is 9.77. The third-order valence-corrected chi connectivity index (χ3v) is 15.2. The van der Waals surface area contributed by atoms with Gasteiger partial charge >= 0.3 is 0 Å². The molecule has 1 aliphatic carbocycles. The maximum atomic E-state index is 12.9. The third-order valence-electron chi connectivity index (χ3n) is 13.4. The Morgan fingerprint density at radius 2 is 1.56 bits per heavy atom. The summed E-state index contributed by atoms with van der Waals surface area (Å²) in [4.78, 5) is 40.8. The molecule has 0 radical (unpaired) electrons. The van der Waals surface area contributed by atoms with E-state index < -0.39 is 7.14 Å². The summed E-state index contributed by atoms with van der Waals surface area (Å²) in [5, 5.41) is 10.1. The maximum Gasteiger partial charge on any atom is 0.234 e. The zero-order valence-corrected chi connectivity index (χ0v) is 37.4. The van der Waals surface area contributed by atoms with Crippen LogP contribution in [-0.2, 0) is 14.2 Å². The zero-order chi connectivity index (χ0) is 42.5. The zero-order valence-electron chi connectivity index (χ0n) is 35.7. The highest BCUT2D eigenvalue weighted by atomic mass is 35.5. The van der Waals surface area contributed by atoms with Crippen LogP contribution in [0.4, 0.5) is 28.8 Å². The van der Waals surface area contributed by atoms with Crippen molar-refractivity contribution >= 4 is 64.7 Å². The fourth-order valence-electron chi connectivity index (χ4n) is 9.79. The minimum absolute atomic E-state index is 0.161. The molecule has 3 aliphatic heterocycles. The molecule has 2 amide bonds. The van der Waals surface area contributed by atoms with Crippen LogP contribution in [0, 0.1) is 5.92 Å². The average Bonchev–Trinajstić information content (AvgIpc) is 3.27. The predicted molar refractivity (Wildman–Crippen MR) is 246 cm³/mol. The monoisotopic (exact) mass is 866 g/mol. The molecule has 12 nitrogen and oxygen atoms in total. The molecule has 14 heteroatoms. The summed E-state index contributed by atoms with van der Waals surface area (Å²) < 4.78 is 18.8. The van der Waals surface area contributed by atoms with E-state index >= 15 is 0 Å². The van der Waals surface area contributed by atoms with Crippen molar-refractivity contribution in [3.05, 3.63) is 89.1 Å². The number of anilines is 5. The molecule has 4 heterocycles. The Hall–Kier alpha value is -4.48. The minimum atomic E-state index is -2.53. The number of carbonyl (C=O) groups excluding carboxylic acids is 2. The summed E-state index contributed by atoms with van der Waals surface area (Å²) in [5.41, 5.74) is 5.01. The van der Waals surface area contributed by atoms with Gasteiger partial charge in [-0.2, -0.15) is 4.98 Å². The Labute approximate surface area is 365 Å². The van der Waals surface area contributed by atoms with E-state index in [1.807, 2.05) is 30.3 Å². The number of nitrogens with one attached hydrogen (secondary N) is 3. The normalized spacial score (nSPS) is 22.2. The highest BCUT2D eigenvalue weighted by molar-refractivity contribution is 7.70. The van der Waals surface area contributed by atoms with Crippen molar-refractivity contribution in [1.82, 2.24) is 25.1 Å². The molecule has 3 aromatic carbocycles. The number of piperazine rings is 1. The highest BCUT2D eigenvalue weighted by Gasteiger charge is 2.31. The Kier molecular flexibility index (Phi) is 13.6. The number of para-hydroxylation sites is 1. The topological polar surface area (TPSA) is 132 Å². The Balaban J connectivity index is 0.761. The van der Waals surface area contributed by atoms with Crippen LogP contribution in [0.3, 0.4) is 0 Å². The molecule has 1 aromatic heterocycles. The molecule has 8 rings (SSSR count). The van der Waals surface area contributed by atoms with Crippen molar-refractivity contribution in [2.24, 2.45) is 5.92 Å². The van der Waals surface area contributed by atoms with E-state index in [0.717, 1.165) is 80.3 Å². The Morgan fingerprint density at radius 3 is 2.26 bits per heavy atom. The van der Waals surface area contributed by atoms with E-state index in [-0.39, 0.29) is 17.7 Å². The minimum Gasteiger partial charge on any atom is -0.494 e. The number of benzene rings is 3. The van der Waals surface area contributed by atoms with Gasteiger partial charge in [0.25, 0.3) is 0 Å². The van der Waals surface area contributed by atoms with E-state index in [4.69, 9.17) is 16.3 Å². The SMILES string of the molecule is COc1cc(N2CCC(N3CCN(CCC4CCC(c5ccc(C6CCC(=O)NC6=O)cc5)CC4)CC3)CC2)ccc1Nc1ncc(Cl)c(Nc2ccccc2P(C)(C)=O)n1. The van der Waals surface area contributed by atoms with Crippen LogP contribution in [0.1, 0.15) is 80.8 Å². The summed E-state index contributed by atoms with van der Waals surface area (Å²) in [6, 6.07) is 23.0. The summed E-state index contributed by atoms with van der Waals surface area (Å²) in [6.45, 7) is 11.3. The molecule has 4 fully saturated rings. The van der Waals surface area contributed by atoms with Crippen molar-refractivity contribution in [3.63, 3.8) is 0 Å². The van der Waals surface area contributed by atoms with E-state index in [9.17, 15) is 14.2 Å². The first-order chi connectivity index (χ1) is 29.5. The van der Waals surface area contributed by atoms with Gasteiger partial charge in [-0.05, 0) is 118 Å². The number of rotatable bonds is 13. The second kappa shape index (κ2) is 19.3. The van der Waals surface area contributed by atoms with Gasteiger partial charge in [0.05, 0.1) is 30.6 Å². The standard InChI is InChI=1S/C47H60ClN8O4P/c1-60-42-30-37(16-18-40(42)51-47-49-31-39(48)45(53-47)50-41-6-4-5-7-43(41)61(2,3)59)55-24-21-36(22-25-55)56-28-26-54(27-29-56)23-20-32-8-10-33(11-9-32)34-12-14-35(15-13-34)38-17-19-44(57)52-46(38)58/h4-7,12-16,18,30-33,36,38H,8-11,17,19-29H2,1-3H3,(H,52,57,58)(H2,49,50,51,53). The number of hydrogen-bond acceptors (Lipinski definition) is 11. The van der Waals surface area contributed by atoms with Gasteiger partial charge in [0, 0.05) is 68.8 Å². The van der Waals surface area contributed by atoms with Crippen LogP contribution < -0.4 is 30.9 Å². The number of piperidine rings is 2. The molecule has 61 heavy (non-hydrogen) atoms. The molecule has 3 N–H and O–H groups in total. The molecule has 324 valence electrons. The number of methoxy groups -OCH3 is 1. The van der Waals surface area contributed by atoms with Crippen molar-refractivity contribution in [2.75, 3.05) is 81.8 Å². The number of hydrogen-bond donors (Lipinski definition) is 3. The van der Waals surface area contributed by atoms with E-state index in [0.29, 0.717) is 53.0 Å². The van der Waals surface area contributed by atoms with Gasteiger partial charge in [-0.25, -0.2) is 4.98 Å². The van der Waals surface area contributed by atoms with Crippen LogP contribution in [-0.4, -0.2) is 104 Å². The summed E-state index contributed by atoms with van der Waals surface area (Å²) >= 11 is 6.50. The van der Waals surface area contributed by atoms with Gasteiger partial charge in [0.1, 0.15) is 17.9 Å². The number of carbonyl (C=O) groups is 2. The van der Waals surface area contributed by atoms with Crippen LogP contribution in [0.5, 0.6) is 5.75 Å². The number of amides is 2. The van der Waals surface area contributed by atoms with Gasteiger partial charge in [0.2, 0.25) is 17.8 Å². The number of nitrogens with zero attached hydrogens (tertiary/aromatic N) is 5. The van der Waals surface area contributed by atoms with Gasteiger partial charge in [-0.1, -0.05) is 48.0 Å². The molecule has 0 spiro atoms. The molecule has 3 saturated heterocycles. The molecule has 1 unspecified atom stereocenters. The average molecular weight is 867 g/mol. The van der Waals surface area contributed by atoms with E-state index in [2.05, 4.69) is 77.0 Å². The third kappa shape index (κ3) is 10.6. The lowest BCUT2D eigenvalue weighted by molar-refractivity contribution is -0.134. The first-order valence-corrected chi connectivity index (χ1v) is 25.0. The Morgan fingerprint density at radius 1 is 0.836 bits per heavy atom. The fraction of sp³-hybridized carbons (Fsp3) is 0.489. The number of aromatic nitrogens is 2.